The van der Waals surface area contributed by atoms with Crippen LogP contribution >= 0.6 is 0 Å². The summed E-state index contributed by atoms with van der Waals surface area (Å²) in [6, 6.07) is 29.6. The Morgan fingerprint density at radius 3 is 2.31 bits per heavy atom. The van der Waals surface area contributed by atoms with E-state index in [1.54, 1.807) is 11.9 Å². The Morgan fingerprint density at radius 2 is 1.59 bits per heavy atom. The molecule has 4 aromatic rings. The van der Waals surface area contributed by atoms with Gasteiger partial charge < -0.3 is 9.30 Å². The van der Waals surface area contributed by atoms with E-state index < -0.39 is 0 Å². The number of hydrogen-bond donors (Lipinski definition) is 0. The van der Waals surface area contributed by atoms with Crippen LogP contribution in [-0.4, -0.2) is 21.2 Å². The minimum atomic E-state index is -0.161. The van der Waals surface area contributed by atoms with Crippen LogP contribution in [0.5, 0.6) is 11.5 Å². The average Bonchev–Trinajstić information content (AvgIpc) is 3.51. The zero-order chi connectivity index (χ0) is 21.9. The zero-order valence-corrected chi connectivity index (χ0v) is 17.8. The van der Waals surface area contributed by atoms with Gasteiger partial charge in [-0.1, -0.05) is 42.5 Å². The van der Waals surface area contributed by atoms with Crippen molar-refractivity contribution in [1.82, 2.24) is 9.58 Å². The molecule has 5 rings (SSSR count). The van der Waals surface area contributed by atoms with E-state index in [2.05, 4.69) is 33.9 Å². The van der Waals surface area contributed by atoms with Crippen LogP contribution in [0.4, 0.5) is 0 Å². The highest BCUT2D eigenvalue weighted by Crippen LogP contribution is 2.35. The van der Waals surface area contributed by atoms with Crippen LogP contribution in [0.3, 0.4) is 0 Å². The van der Waals surface area contributed by atoms with Crippen molar-refractivity contribution in [3.63, 3.8) is 0 Å². The molecule has 158 valence electrons. The number of carbonyl (C=O) groups is 1. The van der Waals surface area contributed by atoms with E-state index >= 15 is 0 Å². The highest BCUT2D eigenvalue weighted by molar-refractivity contribution is 6.03. The molecule has 1 atom stereocenters. The van der Waals surface area contributed by atoms with Gasteiger partial charge in [0.2, 0.25) is 5.91 Å². The van der Waals surface area contributed by atoms with E-state index in [0.29, 0.717) is 6.42 Å². The fourth-order valence-corrected chi connectivity index (χ4v) is 3.98. The Kier molecular flexibility index (Phi) is 5.30. The Labute approximate surface area is 187 Å². The fourth-order valence-electron chi connectivity index (χ4n) is 3.98. The van der Waals surface area contributed by atoms with E-state index in [9.17, 15) is 4.79 Å². The molecule has 1 aliphatic rings. The first kappa shape index (κ1) is 19.8. The number of para-hydroxylation sites is 1. The lowest BCUT2D eigenvalue weighted by Crippen LogP contribution is -2.24. The quantitative estimate of drug-likeness (QED) is 0.399. The molecule has 5 nitrogen and oxygen atoms in total. The van der Waals surface area contributed by atoms with Gasteiger partial charge in [0, 0.05) is 31.4 Å². The second-order valence-electron chi connectivity index (χ2n) is 7.75. The third-order valence-corrected chi connectivity index (χ3v) is 5.56. The molecule has 32 heavy (non-hydrogen) atoms. The molecule has 3 aromatic carbocycles. The molecule has 0 N–H and O–H groups in total. The summed E-state index contributed by atoms with van der Waals surface area (Å²) in [5.41, 5.74) is 4.00. The van der Waals surface area contributed by atoms with Crippen molar-refractivity contribution < 1.29 is 9.53 Å². The molecule has 1 aromatic heterocycles. The van der Waals surface area contributed by atoms with Crippen molar-refractivity contribution in [2.45, 2.75) is 19.4 Å². The van der Waals surface area contributed by atoms with Crippen LogP contribution < -0.4 is 4.74 Å². The van der Waals surface area contributed by atoms with Gasteiger partial charge in [-0.15, -0.1) is 0 Å². The minimum Gasteiger partial charge on any atom is -0.457 e. The normalized spacial score (nSPS) is 15.5. The van der Waals surface area contributed by atoms with Crippen LogP contribution in [0.15, 0.2) is 108 Å². The first-order chi connectivity index (χ1) is 15.7. The van der Waals surface area contributed by atoms with E-state index in [1.165, 1.54) is 0 Å². The molecule has 2 heterocycles. The highest BCUT2D eigenvalue weighted by atomic mass is 16.5. The summed E-state index contributed by atoms with van der Waals surface area (Å²) in [5, 5.41) is 6.25. The number of carbonyl (C=O) groups excluding carboxylic acids is 1. The van der Waals surface area contributed by atoms with E-state index in [0.717, 1.165) is 34.0 Å². The van der Waals surface area contributed by atoms with Crippen molar-refractivity contribution in [3.05, 3.63) is 115 Å². The van der Waals surface area contributed by atoms with Crippen molar-refractivity contribution in [1.29, 1.82) is 0 Å². The first-order valence-corrected chi connectivity index (χ1v) is 10.6. The van der Waals surface area contributed by atoms with Crippen molar-refractivity contribution in [2.75, 3.05) is 0 Å². The maximum atomic E-state index is 12.4. The first-order valence-electron chi connectivity index (χ1n) is 10.6. The Hall–Kier alpha value is -4.12. The monoisotopic (exact) mass is 421 g/mol. The number of ether oxygens (including phenoxy) is 1. The lowest BCUT2D eigenvalue weighted by molar-refractivity contribution is -0.130. The second kappa shape index (κ2) is 8.55. The third-order valence-electron chi connectivity index (χ3n) is 5.56. The van der Waals surface area contributed by atoms with Gasteiger partial charge in [-0.3, -0.25) is 4.79 Å². The van der Waals surface area contributed by atoms with E-state index in [1.807, 2.05) is 79.1 Å². The Bertz CT molecular complexity index is 1250. The number of amides is 1. The second-order valence-corrected chi connectivity index (χ2v) is 7.75. The predicted octanol–water partition coefficient (Wildman–Crippen LogP) is 5.97. The molecule has 1 unspecified atom stereocenters. The summed E-state index contributed by atoms with van der Waals surface area (Å²) in [6.07, 6.45) is 4.68. The molecule has 0 spiro atoms. The van der Waals surface area contributed by atoms with Crippen molar-refractivity contribution >= 4 is 11.6 Å². The largest absolute Gasteiger partial charge is 0.457 e. The van der Waals surface area contributed by atoms with Crippen LogP contribution in [0.1, 0.15) is 30.5 Å². The molecule has 0 aliphatic carbocycles. The summed E-state index contributed by atoms with van der Waals surface area (Å²) in [7, 11) is 0. The summed E-state index contributed by atoms with van der Waals surface area (Å²) < 4.78 is 8.05. The lowest BCUT2D eigenvalue weighted by Gasteiger charge is -2.21. The predicted molar refractivity (Wildman–Crippen MR) is 125 cm³/mol. The van der Waals surface area contributed by atoms with Gasteiger partial charge in [0.05, 0.1) is 11.8 Å². The summed E-state index contributed by atoms with van der Waals surface area (Å²) in [4.78, 5) is 12.4. The molecule has 0 radical (unpaired) electrons. The molecule has 1 aliphatic heterocycles. The number of aromatic nitrogens is 1. The smallest absolute Gasteiger partial charge is 0.240 e. The highest BCUT2D eigenvalue weighted by Gasteiger charge is 2.31. The number of nitrogens with zero attached hydrogens (tertiary/aromatic N) is 3. The number of hydrogen-bond acceptors (Lipinski definition) is 3. The molecule has 5 heteroatoms. The van der Waals surface area contributed by atoms with Gasteiger partial charge in [0.15, 0.2) is 0 Å². The third kappa shape index (κ3) is 4.05. The van der Waals surface area contributed by atoms with E-state index in [-0.39, 0.29) is 11.9 Å². The Morgan fingerprint density at radius 1 is 0.875 bits per heavy atom. The van der Waals surface area contributed by atoms with Crippen molar-refractivity contribution in [2.24, 2.45) is 5.10 Å². The standard InChI is InChI=1S/C27H23N3O2/c1-20(31)30-27(22-8-7-11-25(18-22)32-24-9-3-2-4-10-24)19-26(28-30)21-12-14-23(15-13-21)29-16-5-6-17-29/h2-18,27H,19H2,1H3. The SMILES string of the molecule is CC(=O)N1N=C(c2ccc(-n3cccc3)cc2)CC1c1cccc(Oc2ccccc2)c1. The zero-order valence-electron chi connectivity index (χ0n) is 17.8. The fraction of sp³-hybridized carbons (Fsp3) is 0.111. The van der Waals surface area contributed by atoms with Gasteiger partial charge in [0.25, 0.3) is 0 Å². The summed E-state index contributed by atoms with van der Waals surface area (Å²) in [5.74, 6) is 1.43. The minimum absolute atomic E-state index is 0.0802. The topological polar surface area (TPSA) is 46.8 Å². The van der Waals surface area contributed by atoms with Gasteiger partial charge in [0.1, 0.15) is 11.5 Å². The number of rotatable bonds is 5. The molecule has 1 amide bonds. The van der Waals surface area contributed by atoms with Crippen LogP contribution in [0, 0.1) is 0 Å². The molecule has 0 fully saturated rings. The van der Waals surface area contributed by atoms with E-state index in [4.69, 9.17) is 4.74 Å². The molecule has 0 bridgehead atoms. The lowest BCUT2D eigenvalue weighted by atomic mass is 9.98. The average molecular weight is 422 g/mol. The van der Waals surface area contributed by atoms with Crippen LogP contribution in [0.2, 0.25) is 0 Å². The summed E-state index contributed by atoms with van der Waals surface area (Å²) in [6.45, 7) is 1.55. The van der Waals surface area contributed by atoms with Crippen LogP contribution in [0.25, 0.3) is 5.69 Å². The molecule has 0 saturated carbocycles. The summed E-state index contributed by atoms with van der Waals surface area (Å²) >= 11 is 0. The van der Waals surface area contributed by atoms with Gasteiger partial charge in [-0.25, -0.2) is 5.01 Å². The maximum absolute atomic E-state index is 12.4. The number of benzene rings is 3. The van der Waals surface area contributed by atoms with Gasteiger partial charge >= 0.3 is 0 Å². The molecule has 0 saturated heterocycles. The molecular weight excluding hydrogens is 398 g/mol. The maximum Gasteiger partial charge on any atom is 0.240 e. The Balaban J connectivity index is 1.39. The van der Waals surface area contributed by atoms with Crippen LogP contribution in [-0.2, 0) is 4.79 Å². The van der Waals surface area contributed by atoms with Gasteiger partial charge in [-0.2, -0.15) is 5.10 Å². The number of hydrazone groups is 1. The van der Waals surface area contributed by atoms with Gasteiger partial charge in [-0.05, 0) is 59.7 Å². The molecular formula is C27H23N3O2. The van der Waals surface area contributed by atoms with Crippen molar-refractivity contribution in [3.8, 4) is 17.2 Å².